The molecule has 5 heteroatoms. The molecule has 0 radical (unpaired) electrons. The molecule has 0 saturated heterocycles. The zero-order valence-electron chi connectivity index (χ0n) is 11.3. The molecule has 0 aromatic heterocycles. The van der Waals surface area contributed by atoms with E-state index in [4.69, 9.17) is 15.2 Å². The summed E-state index contributed by atoms with van der Waals surface area (Å²) in [6.45, 7) is 2.75. The minimum atomic E-state index is -0.415. The first kappa shape index (κ1) is 13.7. The summed E-state index contributed by atoms with van der Waals surface area (Å²) in [6.07, 6.45) is 2.28. The topological polar surface area (TPSA) is 73.6 Å². The number of hydrogen-bond acceptors (Lipinski definition) is 5. The maximum atomic E-state index is 11.5. The fraction of sp³-hybridized carbons (Fsp3) is 0.500. The van der Waals surface area contributed by atoms with Gasteiger partial charge in [0.25, 0.3) is 0 Å². The van der Waals surface area contributed by atoms with E-state index < -0.39 is 5.97 Å². The van der Waals surface area contributed by atoms with Crippen molar-refractivity contribution in [2.24, 2.45) is 0 Å². The molecule has 0 spiro atoms. The van der Waals surface area contributed by atoms with Gasteiger partial charge in [0, 0.05) is 12.6 Å². The van der Waals surface area contributed by atoms with Crippen molar-refractivity contribution in [3.8, 4) is 0 Å². The summed E-state index contributed by atoms with van der Waals surface area (Å²) >= 11 is 0. The lowest BCUT2D eigenvalue weighted by Crippen LogP contribution is -2.41. The SMILES string of the molecule is CCOC1CC(Nc2cccc(C(=O)OC)c2N)C1. The van der Waals surface area contributed by atoms with Gasteiger partial charge in [-0.3, -0.25) is 0 Å². The van der Waals surface area contributed by atoms with Gasteiger partial charge in [-0.15, -0.1) is 0 Å². The Hall–Kier alpha value is -1.75. The van der Waals surface area contributed by atoms with Crippen LogP contribution in [0.25, 0.3) is 0 Å². The molecule has 0 amide bonds. The Balaban J connectivity index is 2.00. The number of esters is 1. The first-order chi connectivity index (χ1) is 9.15. The lowest BCUT2D eigenvalue weighted by molar-refractivity contribution is 0.00299. The van der Waals surface area contributed by atoms with Crippen LogP contribution in [0, 0.1) is 0 Å². The number of hydrogen-bond donors (Lipinski definition) is 2. The third-order valence-corrected chi connectivity index (χ3v) is 3.37. The molecule has 0 unspecified atom stereocenters. The molecule has 5 nitrogen and oxygen atoms in total. The fourth-order valence-corrected chi connectivity index (χ4v) is 2.25. The molecule has 1 aromatic rings. The van der Waals surface area contributed by atoms with Crippen molar-refractivity contribution < 1.29 is 14.3 Å². The van der Waals surface area contributed by atoms with E-state index in [1.54, 1.807) is 12.1 Å². The zero-order chi connectivity index (χ0) is 13.8. The molecule has 0 atom stereocenters. The molecule has 2 rings (SSSR count). The molecule has 104 valence electrons. The standard InChI is InChI=1S/C14H20N2O3/c1-3-19-10-7-9(8-10)16-12-6-4-5-11(13(12)15)14(17)18-2/h4-6,9-10,16H,3,7-8,15H2,1-2H3. The van der Waals surface area contributed by atoms with E-state index in [0.29, 0.717) is 23.4 Å². The van der Waals surface area contributed by atoms with Gasteiger partial charge in [-0.2, -0.15) is 0 Å². The van der Waals surface area contributed by atoms with Crippen LogP contribution in [0.4, 0.5) is 11.4 Å². The summed E-state index contributed by atoms with van der Waals surface area (Å²) < 4.78 is 10.2. The Morgan fingerprint density at radius 2 is 2.21 bits per heavy atom. The van der Waals surface area contributed by atoms with E-state index in [1.807, 2.05) is 13.0 Å². The number of carbonyl (C=O) groups is 1. The maximum Gasteiger partial charge on any atom is 0.340 e. The van der Waals surface area contributed by atoms with Gasteiger partial charge in [0.05, 0.1) is 30.2 Å². The van der Waals surface area contributed by atoms with Crippen LogP contribution < -0.4 is 11.1 Å². The molecule has 19 heavy (non-hydrogen) atoms. The van der Waals surface area contributed by atoms with Crippen molar-refractivity contribution >= 4 is 17.3 Å². The van der Waals surface area contributed by atoms with Crippen LogP contribution in [-0.4, -0.2) is 31.8 Å². The molecule has 0 aliphatic heterocycles. The number of ether oxygens (including phenoxy) is 2. The minimum Gasteiger partial charge on any atom is -0.465 e. The lowest BCUT2D eigenvalue weighted by Gasteiger charge is -2.36. The largest absolute Gasteiger partial charge is 0.465 e. The summed E-state index contributed by atoms with van der Waals surface area (Å²) in [7, 11) is 1.35. The van der Waals surface area contributed by atoms with Crippen molar-refractivity contribution in [3.05, 3.63) is 23.8 Å². The zero-order valence-corrected chi connectivity index (χ0v) is 11.3. The molecule has 3 N–H and O–H groups in total. The molecule has 1 aromatic carbocycles. The number of nitrogen functional groups attached to an aromatic ring is 1. The number of para-hydroxylation sites is 1. The minimum absolute atomic E-state index is 0.340. The third-order valence-electron chi connectivity index (χ3n) is 3.37. The molecule has 1 aliphatic rings. The van der Waals surface area contributed by atoms with Crippen LogP contribution in [0.5, 0.6) is 0 Å². The Morgan fingerprint density at radius 1 is 1.47 bits per heavy atom. The first-order valence-corrected chi connectivity index (χ1v) is 6.50. The Morgan fingerprint density at radius 3 is 2.84 bits per heavy atom. The molecule has 1 aliphatic carbocycles. The second-order valence-electron chi connectivity index (χ2n) is 4.65. The van der Waals surface area contributed by atoms with Gasteiger partial charge < -0.3 is 20.5 Å². The van der Waals surface area contributed by atoms with Crippen LogP contribution in [0.3, 0.4) is 0 Å². The highest BCUT2D eigenvalue weighted by Gasteiger charge is 2.30. The fourth-order valence-electron chi connectivity index (χ4n) is 2.25. The van der Waals surface area contributed by atoms with Crippen LogP contribution in [0.2, 0.25) is 0 Å². The van der Waals surface area contributed by atoms with E-state index in [1.165, 1.54) is 7.11 Å². The average Bonchev–Trinajstić information content (AvgIpc) is 2.37. The van der Waals surface area contributed by atoms with E-state index in [0.717, 1.165) is 25.1 Å². The predicted molar refractivity (Wildman–Crippen MR) is 74.3 cm³/mol. The summed E-state index contributed by atoms with van der Waals surface area (Å²) in [5.41, 5.74) is 7.60. The van der Waals surface area contributed by atoms with Crippen molar-refractivity contribution in [3.63, 3.8) is 0 Å². The summed E-state index contributed by atoms with van der Waals surface area (Å²) in [6, 6.07) is 5.68. The van der Waals surface area contributed by atoms with Gasteiger partial charge in [-0.05, 0) is 31.9 Å². The van der Waals surface area contributed by atoms with Crippen LogP contribution in [0.15, 0.2) is 18.2 Å². The van der Waals surface area contributed by atoms with E-state index >= 15 is 0 Å². The van der Waals surface area contributed by atoms with Gasteiger partial charge in [-0.1, -0.05) is 6.07 Å². The maximum absolute atomic E-state index is 11.5. The number of benzene rings is 1. The second kappa shape index (κ2) is 5.93. The Kier molecular flexibility index (Phi) is 4.27. The van der Waals surface area contributed by atoms with Gasteiger partial charge in [0.15, 0.2) is 0 Å². The molecular weight excluding hydrogens is 244 g/mol. The summed E-state index contributed by atoms with van der Waals surface area (Å²) in [5, 5.41) is 3.34. The van der Waals surface area contributed by atoms with Crippen LogP contribution >= 0.6 is 0 Å². The second-order valence-corrected chi connectivity index (χ2v) is 4.65. The normalized spacial score (nSPS) is 21.6. The predicted octanol–water partition coefficient (Wildman–Crippen LogP) is 2.03. The number of nitrogens with two attached hydrogens (primary N) is 1. The number of anilines is 2. The number of rotatable bonds is 5. The smallest absolute Gasteiger partial charge is 0.340 e. The molecule has 0 bridgehead atoms. The highest BCUT2D eigenvalue weighted by atomic mass is 16.5. The summed E-state index contributed by atoms with van der Waals surface area (Å²) in [5.74, 6) is -0.415. The number of methoxy groups -OCH3 is 1. The molecular formula is C14H20N2O3. The van der Waals surface area contributed by atoms with Crippen molar-refractivity contribution in [2.45, 2.75) is 31.9 Å². The number of carbonyl (C=O) groups excluding carboxylic acids is 1. The van der Waals surface area contributed by atoms with E-state index in [9.17, 15) is 4.79 Å². The van der Waals surface area contributed by atoms with Gasteiger partial charge in [-0.25, -0.2) is 4.79 Å². The molecule has 0 heterocycles. The molecule has 1 fully saturated rings. The molecule has 1 saturated carbocycles. The highest BCUT2D eigenvalue weighted by molar-refractivity contribution is 5.98. The Bertz CT molecular complexity index is 456. The quantitative estimate of drug-likeness (QED) is 0.629. The van der Waals surface area contributed by atoms with Crippen molar-refractivity contribution in [1.29, 1.82) is 0 Å². The number of nitrogens with one attached hydrogen (secondary N) is 1. The van der Waals surface area contributed by atoms with E-state index in [2.05, 4.69) is 5.32 Å². The van der Waals surface area contributed by atoms with Crippen molar-refractivity contribution in [2.75, 3.05) is 24.8 Å². The third kappa shape index (κ3) is 2.98. The Labute approximate surface area is 113 Å². The van der Waals surface area contributed by atoms with Gasteiger partial charge >= 0.3 is 5.97 Å². The summed E-state index contributed by atoms with van der Waals surface area (Å²) in [4.78, 5) is 11.5. The van der Waals surface area contributed by atoms with Crippen LogP contribution in [0.1, 0.15) is 30.1 Å². The lowest BCUT2D eigenvalue weighted by atomic mass is 9.89. The van der Waals surface area contributed by atoms with Crippen LogP contribution in [-0.2, 0) is 9.47 Å². The average molecular weight is 264 g/mol. The monoisotopic (exact) mass is 264 g/mol. The van der Waals surface area contributed by atoms with Crippen molar-refractivity contribution in [1.82, 2.24) is 0 Å². The van der Waals surface area contributed by atoms with E-state index in [-0.39, 0.29) is 0 Å². The first-order valence-electron chi connectivity index (χ1n) is 6.50. The van der Waals surface area contributed by atoms with Gasteiger partial charge in [0.2, 0.25) is 0 Å². The highest BCUT2D eigenvalue weighted by Crippen LogP contribution is 2.30. The van der Waals surface area contributed by atoms with Gasteiger partial charge in [0.1, 0.15) is 0 Å².